The number of aliphatic hydroxyl groups is 5. The minimum Gasteiger partial charge on any atom is -0.504 e. The summed E-state index contributed by atoms with van der Waals surface area (Å²) in [5, 5.41) is 84.0. The number of esters is 5. The summed E-state index contributed by atoms with van der Waals surface area (Å²) < 4.78 is 56.1. The number of hydrogen-bond donors (Lipinski definition) is 8. The van der Waals surface area contributed by atoms with Crippen LogP contribution in [0.15, 0.2) is 60.9 Å². The number of carbonyl (C=O) groups excluding carboxylic acids is 5. The monoisotopic (exact) mass is 892 g/mol. The van der Waals surface area contributed by atoms with Crippen LogP contribution in [0.3, 0.4) is 0 Å². The first-order valence-corrected chi connectivity index (χ1v) is 19.1. The van der Waals surface area contributed by atoms with E-state index in [-0.39, 0.29) is 18.6 Å². The number of phenolic OH excluding ortho intramolecular Hbond substituents is 3. The van der Waals surface area contributed by atoms with Gasteiger partial charge in [0, 0.05) is 20.3 Å². The predicted molar refractivity (Wildman–Crippen MR) is 200 cm³/mol. The molecule has 3 saturated heterocycles. The van der Waals surface area contributed by atoms with Gasteiger partial charge in [-0.3, -0.25) is 9.59 Å². The third-order valence-electron chi connectivity index (χ3n) is 10.5. The molecule has 0 amide bonds. The van der Waals surface area contributed by atoms with E-state index in [4.69, 9.17) is 47.4 Å². The van der Waals surface area contributed by atoms with Crippen LogP contribution >= 0.6 is 0 Å². The van der Waals surface area contributed by atoms with E-state index in [1.807, 2.05) is 0 Å². The molecule has 23 nitrogen and oxygen atoms in total. The van der Waals surface area contributed by atoms with E-state index in [1.54, 1.807) is 0 Å². The number of phenols is 3. The van der Waals surface area contributed by atoms with Crippen molar-refractivity contribution in [3.05, 3.63) is 72.0 Å². The van der Waals surface area contributed by atoms with Crippen molar-refractivity contribution in [2.75, 3.05) is 19.8 Å². The van der Waals surface area contributed by atoms with Crippen LogP contribution in [0, 0.1) is 5.92 Å². The van der Waals surface area contributed by atoms with Crippen molar-refractivity contribution in [1.82, 2.24) is 0 Å². The number of aliphatic hydroxyl groups excluding tert-OH is 4. The average molecular weight is 893 g/mol. The van der Waals surface area contributed by atoms with Gasteiger partial charge >= 0.3 is 29.8 Å². The van der Waals surface area contributed by atoms with Crippen LogP contribution in [-0.2, 0) is 57.0 Å². The van der Waals surface area contributed by atoms with Gasteiger partial charge in [0.1, 0.15) is 59.4 Å². The van der Waals surface area contributed by atoms with Crippen molar-refractivity contribution in [2.45, 2.75) is 93.6 Å². The lowest BCUT2D eigenvalue weighted by Crippen LogP contribution is -2.64. The number of aromatic hydroxyl groups is 3. The molecule has 23 heteroatoms. The number of ether oxygens (including phenoxy) is 10. The molecule has 4 heterocycles. The van der Waals surface area contributed by atoms with E-state index < -0.39 is 156 Å². The average Bonchev–Trinajstić information content (AvgIpc) is 3.23. The molecule has 63 heavy (non-hydrogen) atoms. The first-order valence-electron chi connectivity index (χ1n) is 19.1. The number of benzene rings is 2. The maximum Gasteiger partial charge on any atom is 0.342 e. The van der Waals surface area contributed by atoms with Gasteiger partial charge in [-0.05, 0) is 24.3 Å². The van der Waals surface area contributed by atoms with E-state index >= 15 is 0 Å². The van der Waals surface area contributed by atoms with Crippen LogP contribution in [-0.4, -0.2) is 164 Å². The number of carbonyl (C=O) groups is 5. The minimum absolute atomic E-state index is 0.133. The summed E-state index contributed by atoms with van der Waals surface area (Å²) in [7, 11) is 0. The molecule has 4 aliphatic rings. The van der Waals surface area contributed by atoms with Crippen LogP contribution in [0.25, 0.3) is 0 Å². The van der Waals surface area contributed by atoms with Crippen molar-refractivity contribution in [3.8, 4) is 23.0 Å². The van der Waals surface area contributed by atoms with Gasteiger partial charge in [-0.1, -0.05) is 18.2 Å². The number of rotatable bonds is 13. The van der Waals surface area contributed by atoms with Crippen LogP contribution in [0.1, 0.15) is 41.0 Å². The SMILES string of the molecule is C=C[C@H]1[C@@H](O[C@@H]2O[C@H](COC(C)=O)[C@@H](OC(=O)c3cccc(O[C@@H]4O[C@H](CO)[C@@H](O)[C@H](O)[C@H]4O)c3O)[C@H](OC(=O)c3cccc(O)c3O)[C@H]2OC(C)=O)OC=C2C(=O)OCC[C@]21O. The molecular weight excluding hydrogens is 848 g/mol. The fourth-order valence-electron chi connectivity index (χ4n) is 7.24. The molecule has 8 N–H and O–H groups in total. The highest BCUT2D eigenvalue weighted by Crippen LogP contribution is 2.43. The van der Waals surface area contributed by atoms with Gasteiger partial charge in [0.05, 0.1) is 25.4 Å². The molecule has 2 aromatic carbocycles. The Balaban J connectivity index is 1.38. The molecule has 0 spiro atoms. The molecule has 0 saturated carbocycles. The van der Waals surface area contributed by atoms with Crippen molar-refractivity contribution in [3.63, 3.8) is 0 Å². The van der Waals surface area contributed by atoms with Gasteiger partial charge in [-0.15, -0.1) is 6.58 Å². The fraction of sp³-hybridized carbons (Fsp3) is 0.475. The molecule has 0 bridgehead atoms. The zero-order chi connectivity index (χ0) is 45.9. The van der Waals surface area contributed by atoms with Crippen molar-refractivity contribution in [2.24, 2.45) is 5.92 Å². The standard InChI is InChI=1S/C40H44O23/c1-4-20-37(56-14-21-36(52)54-12-11-40(20,21)53)63-39-33(57-17(3)43)32(62-34(50)18-7-5-9-22(44)26(18)45)31(25(60-39)15-55-16(2)42)61-35(51)19-8-6-10-23(27(19)46)58-38-30(49)29(48)28(47)24(13-41)59-38/h4-10,14,20,24-25,28-33,37-39,41,44-49,53H,1,11-13,15H2,2-3H3/t20-,24+,25+,28+,29-,30+,31+,32-,33+,37+,38+,39-,40+/m0/s1. The third-order valence-corrected chi connectivity index (χ3v) is 10.5. The summed E-state index contributed by atoms with van der Waals surface area (Å²) in [4.78, 5) is 65.3. The maximum absolute atomic E-state index is 14.1. The summed E-state index contributed by atoms with van der Waals surface area (Å²) >= 11 is 0. The summed E-state index contributed by atoms with van der Waals surface area (Å²) in [5.41, 5.74) is -3.53. The number of cyclic esters (lactones) is 1. The number of hydrogen-bond acceptors (Lipinski definition) is 23. The van der Waals surface area contributed by atoms with Crippen LogP contribution in [0.2, 0.25) is 0 Å². The van der Waals surface area contributed by atoms with Gasteiger partial charge in [0.15, 0.2) is 41.3 Å². The first kappa shape index (κ1) is 46.5. The Morgan fingerprint density at radius 3 is 2.11 bits per heavy atom. The van der Waals surface area contributed by atoms with Crippen molar-refractivity contribution >= 4 is 29.8 Å². The first-order chi connectivity index (χ1) is 29.9. The largest absolute Gasteiger partial charge is 0.504 e. The Hall–Kier alpha value is -6.05. The lowest BCUT2D eigenvalue weighted by molar-refractivity contribution is -0.344. The normalized spacial score (nSPS) is 32.6. The summed E-state index contributed by atoms with van der Waals surface area (Å²) in [6, 6.07) is 6.60. The number of fused-ring (bicyclic) bond motifs is 1. The molecule has 6 rings (SSSR count). The highest BCUT2D eigenvalue weighted by atomic mass is 16.8. The Bertz CT molecular complexity index is 2100. The maximum atomic E-state index is 14.1. The molecule has 0 radical (unpaired) electrons. The second kappa shape index (κ2) is 19.1. The fourth-order valence-corrected chi connectivity index (χ4v) is 7.24. The number of para-hydroxylation sites is 2. The summed E-state index contributed by atoms with van der Waals surface area (Å²) in [5.74, 6) is -10.1. The molecule has 342 valence electrons. The lowest BCUT2D eigenvalue weighted by atomic mass is 9.76. The smallest absolute Gasteiger partial charge is 0.342 e. The quantitative estimate of drug-likeness (QED) is 0.0501. The zero-order valence-electron chi connectivity index (χ0n) is 33.3. The van der Waals surface area contributed by atoms with E-state index in [9.17, 15) is 64.8 Å². The Kier molecular flexibility index (Phi) is 14.1. The zero-order valence-corrected chi connectivity index (χ0v) is 33.3. The van der Waals surface area contributed by atoms with Gasteiger partial charge in [-0.2, -0.15) is 0 Å². The molecule has 0 aromatic heterocycles. The van der Waals surface area contributed by atoms with Crippen molar-refractivity contribution < 1.29 is 112 Å². The van der Waals surface area contributed by atoms with E-state index in [0.717, 1.165) is 44.4 Å². The Morgan fingerprint density at radius 2 is 1.46 bits per heavy atom. The molecule has 2 aromatic rings. The van der Waals surface area contributed by atoms with Crippen LogP contribution < -0.4 is 4.74 Å². The predicted octanol–water partition coefficient (Wildman–Crippen LogP) is -1.31. The second-order valence-corrected chi connectivity index (χ2v) is 14.5. The van der Waals surface area contributed by atoms with E-state index in [2.05, 4.69) is 6.58 Å². The van der Waals surface area contributed by atoms with Gasteiger partial charge in [-0.25, -0.2) is 14.4 Å². The second-order valence-electron chi connectivity index (χ2n) is 14.5. The topological polar surface area (TPSA) is 339 Å². The Labute approximate surface area is 356 Å². The van der Waals surface area contributed by atoms with E-state index in [0.29, 0.717) is 0 Å². The molecule has 0 aliphatic carbocycles. The third kappa shape index (κ3) is 9.50. The van der Waals surface area contributed by atoms with Gasteiger partial charge in [0.2, 0.25) is 18.9 Å². The van der Waals surface area contributed by atoms with Crippen LogP contribution in [0.5, 0.6) is 23.0 Å². The van der Waals surface area contributed by atoms with Crippen molar-refractivity contribution in [1.29, 1.82) is 0 Å². The lowest BCUT2D eigenvalue weighted by Gasteiger charge is -2.48. The minimum atomic E-state index is -2.06. The van der Waals surface area contributed by atoms with E-state index in [1.165, 1.54) is 18.2 Å². The van der Waals surface area contributed by atoms with Gasteiger partial charge in [0.25, 0.3) is 0 Å². The summed E-state index contributed by atoms with van der Waals surface area (Å²) in [6.07, 6.45) is -18.1. The highest BCUT2D eigenvalue weighted by Gasteiger charge is 2.58. The molecule has 4 aliphatic heterocycles. The Morgan fingerprint density at radius 1 is 0.810 bits per heavy atom. The molecule has 3 fully saturated rings. The highest BCUT2D eigenvalue weighted by molar-refractivity contribution is 5.94. The molecule has 0 unspecified atom stereocenters. The van der Waals surface area contributed by atoms with Gasteiger partial charge < -0.3 is 88.2 Å². The van der Waals surface area contributed by atoms with Crippen LogP contribution in [0.4, 0.5) is 0 Å². The summed E-state index contributed by atoms with van der Waals surface area (Å²) in [6.45, 7) is 3.88. The molecule has 13 atom stereocenters. The molecular formula is C40H44O23.